The number of aromatic nitrogens is 1. The summed E-state index contributed by atoms with van der Waals surface area (Å²) in [7, 11) is 3.46. The van der Waals surface area contributed by atoms with Crippen molar-refractivity contribution in [2.24, 2.45) is 7.05 Å². The molecule has 0 radical (unpaired) electrons. The Morgan fingerprint density at radius 1 is 1.53 bits per heavy atom. The highest BCUT2D eigenvalue weighted by molar-refractivity contribution is 7.99. The van der Waals surface area contributed by atoms with Crippen LogP contribution in [0.3, 0.4) is 0 Å². The van der Waals surface area contributed by atoms with E-state index in [0.29, 0.717) is 5.56 Å². The minimum atomic E-state index is -0.159. The lowest BCUT2D eigenvalue weighted by atomic mass is 10.2. The third-order valence-electron chi connectivity index (χ3n) is 3.22. The summed E-state index contributed by atoms with van der Waals surface area (Å²) in [5, 5.41) is 0. The number of nitrogens with zero attached hydrogens (tertiary/aromatic N) is 2. The van der Waals surface area contributed by atoms with Gasteiger partial charge in [0.25, 0.3) is 11.5 Å². The van der Waals surface area contributed by atoms with Crippen LogP contribution in [0.2, 0.25) is 0 Å². The minimum absolute atomic E-state index is 0.0910. The molecule has 0 saturated heterocycles. The number of hydrogen-bond donors (Lipinski definition) is 0. The van der Waals surface area contributed by atoms with Crippen molar-refractivity contribution < 1.29 is 4.79 Å². The van der Waals surface area contributed by atoms with Gasteiger partial charge in [0.2, 0.25) is 0 Å². The molecule has 0 aliphatic rings. The highest BCUT2D eigenvalue weighted by atomic mass is 32.2. The first-order valence-electron chi connectivity index (χ1n) is 6.49. The Bertz CT molecular complexity index is 485. The normalized spacial score (nSPS) is 12.2. The fourth-order valence-electron chi connectivity index (χ4n) is 1.68. The standard InChI is InChI=1S/C14H22N2O2S/c1-5-19-9-7-11(2)16(4)14(18)12-6-8-15(3)13(17)10-12/h6,8,10-11H,5,7,9H2,1-4H3. The summed E-state index contributed by atoms with van der Waals surface area (Å²) in [4.78, 5) is 25.5. The van der Waals surface area contributed by atoms with Gasteiger partial charge < -0.3 is 9.47 Å². The van der Waals surface area contributed by atoms with Gasteiger partial charge in [0.1, 0.15) is 0 Å². The average Bonchev–Trinajstić information content (AvgIpc) is 2.40. The van der Waals surface area contributed by atoms with E-state index in [1.807, 2.05) is 18.7 Å². The molecule has 19 heavy (non-hydrogen) atoms. The maximum Gasteiger partial charge on any atom is 0.254 e. The Morgan fingerprint density at radius 2 is 2.21 bits per heavy atom. The van der Waals surface area contributed by atoms with Crippen LogP contribution in [-0.2, 0) is 7.05 Å². The molecule has 1 atom stereocenters. The summed E-state index contributed by atoms with van der Waals surface area (Å²) in [6.45, 7) is 4.17. The van der Waals surface area contributed by atoms with E-state index in [9.17, 15) is 9.59 Å². The minimum Gasteiger partial charge on any atom is -0.339 e. The smallest absolute Gasteiger partial charge is 0.254 e. The Labute approximate surface area is 118 Å². The molecular weight excluding hydrogens is 260 g/mol. The number of rotatable bonds is 6. The summed E-state index contributed by atoms with van der Waals surface area (Å²) in [6, 6.07) is 3.26. The molecule has 0 saturated carbocycles. The van der Waals surface area contributed by atoms with Gasteiger partial charge in [0, 0.05) is 38.0 Å². The first-order valence-corrected chi connectivity index (χ1v) is 7.64. The molecule has 5 heteroatoms. The highest BCUT2D eigenvalue weighted by Gasteiger charge is 2.17. The fourth-order valence-corrected chi connectivity index (χ4v) is 2.47. The van der Waals surface area contributed by atoms with Crippen LogP contribution in [0.1, 0.15) is 30.6 Å². The van der Waals surface area contributed by atoms with Gasteiger partial charge in [-0.3, -0.25) is 9.59 Å². The van der Waals surface area contributed by atoms with Gasteiger partial charge in [-0.05, 0) is 30.9 Å². The molecule has 1 heterocycles. The van der Waals surface area contributed by atoms with Gasteiger partial charge >= 0.3 is 0 Å². The predicted octanol–water partition coefficient (Wildman–Crippen LogP) is 1.99. The van der Waals surface area contributed by atoms with Crippen LogP contribution in [0.5, 0.6) is 0 Å². The quantitative estimate of drug-likeness (QED) is 0.749. The Morgan fingerprint density at radius 3 is 2.79 bits per heavy atom. The molecule has 0 aromatic carbocycles. The molecule has 106 valence electrons. The summed E-state index contributed by atoms with van der Waals surface area (Å²) in [5.41, 5.74) is 0.300. The lowest BCUT2D eigenvalue weighted by molar-refractivity contribution is 0.0741. The number of carbonyl (C=O) groups excluding carboxylic acids is 1. The molecule has 0 fully saturated rings. The van der Waals surface area contributed by atoms with Crippen molar-refractivity contribution in [2.45, 2.75) is 26.3 Å². The van der Waals surface area contributed by atoms with Gasteiger partial charge in [0.05, 0.1) is 0 Å². The van der Waals surface area contributed by atoms with Gasteiger partial charge in [-0.25, -0.2) is 0 Å². The SMILES string of the molecule is CCSCCC(C)N(C)C(=O)c1ccn(C)c(=O)c1. The third kappa shape index (κ3) is 4.42. The topological polar surface area (TPSA) is 42.3 Å². The summed E-state index contributed by atoms with van der Waals surface area (Å²) < 4.78 is 1.46. The van der Waals surface area contributed by atoms with Crippen molar-refractivity contribution in [1.29, 1.82) is 0 Å². The number of carbonyl (C=O) groups is 1. The van der Waals surface area contributed by atoms with Crippen LogP contribution >= 0.6 is 11.8 Å². The third-order valence-corrected chi connectivity index (χ3v) is 4.15. The number of aryl methyl sites for hydroxylation is 1. The van der Waals surface area contributed by atoms with Gasteiger partial charge in [-0.15, -0.1) is 0 Å². The zero-order valence-electron chi connectivity index (χ0n) is 12.0. The molecule has 0 aliphatic carbocycles. The first kappa shape index (κ1) is 15.8. The van der Waals surface area contributed by atoms with E-state index in [0.717, 1.165) is 17.9 Å². The average molecular weight is 282 g/mol. The number of pyridine rings is 1. The second-order valence-corrected chi connectivity index (χ2v) is 6.01. The van der Waals surface area contributed by atoms with E-state index in [2.05, 4.69) is 6.92 Å². The molecule has 1 aromatic rings. The second kappa shape index (κ2) is 7.38. The Hall–Kier alpha value is -1.23. The monoisotopic (exact) mass is 282 g/mol. The first-order chi connectivity index (χ1) is 8.97. The zero-order valence-corrected chi connectivity index (χ0v) is 12.9. The zero-order chi connectivity index (χ0) is 14.4. The molecule has 0 bridgehead atoms. The maximum atomic E-state index is 12.3. The summed E-state index contributed by atoms with van der Waals surface area (Å²) >= 11 is 1.87. The summed E-state index contributed by atoms with van der Waals surface area (Å²) in [6.07, 6.45) is 2.59. The van der Waals surface area contributed by atoms with E-state index in [1.54, 1.807) is 31.3 Å². The van der Waals surface area contributed by atoms with Gasteiger partial charge in [-0.1, -0.05) is 6.92 Å². The second-order valence-electron chi connectivity index (χ2n) is 4.62. The lowest BCUT2D eigenvalue weighted by Gasteiger charge is -2.25. The molecule has 1 rings (SSSR count). The van der Waals surface area contributed by atoms with Crippen molar-refractivity contribution in [3.63, 3.8) is 0 Å². The molecule has 0 N–H and O–H groups in total. The highest BCUT2D eigenvalue weighted by Crippen LogP contribution is 2.11. The largest absolute Gasteiger partial charge is 0.339 e. The number of thioether (sulfide) groups is 1. The van der Waals surface area contributed by atoms with Crippen molar-refractivity contribution in [2.75, 3.05) is 18.6 Å². The summed E-state index contributed by atoms with van der Waals surface area (Å²) in [5.74, 6) is 2.05. The van der Waals surface area contributed by atoms with Crippen LogP contribution in [0, 0.1) is 0 Å². The Balaban J connectivity index is 2.70. The van der Waals surface area contributed by atoms with E-state index < -0.39 is 0 Å². The Kier molecular flexibility index (Phi) is 6.15. The lowest BCUT2D eigenvalue weighted by Crippen LogP contribution is -2.36. The van der Waals surface area contributed by atoms with Crippen LogP contribution in [0.15, 0.2) is 23.1 Å². The molecular formula is C14H22N2O2S. The fraction of sp³-hybridized carbons (Fsp3) is 0.571. The molecule has 1 amide bonds. The van der Waals surface area contributed by atoms with Crippen molar-refractivity contribution >= 4 is 17.7 Å². The predicted molar refractivity (Wildman–Crippen MR) is 80.9 cm³/mol. The molecule has 1 unspecified atom stereocenters. The molecule has 0 spiro atoms. The number of hydrogen-bond acceptors (Lipinski definition) is 3. The van der Waals surface area contributed by atoms with E-state index in [1.165, 1.54) is 10.6 Å². The van der Waals surface area contributed by atoms with Gasteiger partial charge in [0.15, 0.2) is 0 Å². The van der Waals surface area contributed by atoms with Crippen LogP contribution in [-0.4, -0.2) is 40.0 Å². The van der Waals surface area contributed by atoms with Crippen LogP contribution in [0.4, 0.5) is 0 Å². The molecule has 0 aliphatic heterocycles. The van der Waals surface area contributed by atoms with Gasteiger partial charge in [-0.2, -0.15) is 11.8 Å². The number of amides is 1. The maximum absolute atomic E-state index is 12.3. The van der Waals surface area contributed by atoms with Crippen molar-refractivity contribution in [3.8, 4) is 0 Å². The van der Waals surface area contributed by atoms with Crippen LogP contribution < -0.4 is 5.56 Å². The molecule has 1 aromatic heterocycles. The van der Waals surface area contributed by atoms with Crippen LogP contribution in [0.25, 0.3) is 0 Å². The van der Waals surface area contributed by atoms with Crippen molar-refractivity contribution in [3.05, 3.63) is 34.2 Å². The van der Waals surface area contributed by atoms with E-state index in [-0.39, 0.29) is 17.5 Å². The van der Waals surface area contributed by atoms with Crippen molar-refractivity contribution in [1.82, 2.24) is 9.47 Å². The van der Waals surface area contributed by atoms with E-state index >= 15 is 0 Å². The van der Waals surface area contributed by atoms with E-state index in [4.69, 9.17) is 0 Å². The molecule has 4 nitrogen and oxygen atoms in total.